The Morgan fingerprint density at radius 3 is 2.71 bits per heavy atom. The van der Waals surface area contributed by atoms with E-state index >= 15 is 0 Å². The molecule has 0 amide bonds. The zero-order valence-electron chi connectivity index (χ0n) is 9.94. The molecule has 0 radical (unpaired) electrons. The van der Waals surface area contributed by atoms with Crippen LogP contribution in [0.15, 0.2) is 29.0 Å². The number of halogens is 1. The van der Waals surface area contributed by atoms with E-state index in [1.807, 2.05) is 6.07 Å². The smallest absolute Gasteiger partial charge is 0.0931 e. The summed E-state index contributed by atoms with van der Waals surface area (Å²) in [7, 11) is 0. The number of thiophene rings is 2. The van der Waals surface area contributed by atoms with Crippen LogP contribution in [-0.2, 0) is 6.42 Å². The van der Waals surface area contributed by atoms with Crippen molar-refractivity contribution >= 4 is 34.3 Å². The van der Waals surface area contributed by atoms with Gasteiger partial charge in [-0.15, -0.1) is 11.3 Å². The largest absolute Gasteiger partial charge is 0.307 e. The van der Waals surface area contributed by atoms with Gasteiger partial charge in [0.25, 0.3) is 0 Å². The van der Waals surface area contributed by atoms with Gasteiger partial charge in [-0.25, -0.2) is 0 Å². The third-order valence-electron chi connectivity index (χ3n) is 2.68. The minimum atomic E-state index is 0.362. The van der Waals surface area contributed by atoms with Gasteiger partial charge in [0.2, 0.25) is 0 Å². The Labute approximate surface area is 115 Å². The minimum Gasteiger partial charge on any atom is -0.307 e. The van der Waals surface area contributed by atoms with Gasteiger partial charge in [-0.05, 0) is 54.8 Å². The highest BCUT2D eigenvalue weighted by Gasteiger charge is 2.11. The van der Waals surface area contributed by atoms with E-state index in [-0.39, 0.29) is 0 Å². The fraction of sp³-hybridized carbons (Fsp3) is 0.385. The van der Waals surface area contributed by atoms with Crippen LogP contribution in [0.1, 0.15) is 30.3 Å². The van der Waals surface area contributed by atoms with Gasteiger partial charge >= 0.3 is 0 Å². The average molecular weight is 286 g/mol. The standard InChI is InChI=1S/C13H16ClNS2/c1-9(7-11-5-6-16-8-11)15-10(2)12-3-4-13(14)17-12/h3-6,8-10,15H,7H2,1-2H3. The number of hydrogen-bond donors (Lipinski definition) is 1. The minimum absolute atomic E-state index is 0.362. The summed E-state index contributed by atoms with van der Waals surface area (Å²) in [4.78, 5) is 1.30. The molecule has 0 aliphatic rings. The summed E-state index contributed by atoms with van der Waals surface area (Å²) in [6.07, 6.45) is 1.08. The molecule has 0 saturated carbocycles. The van der Waals surface area contributed by atoms with Gasteiger partial charge in [-0.3, -0.25) is 0 Å². The van der Waals surface area contributed by atoms with Crippen molar-refractivity contribution in [3.63, 3.8) is 0 Å². The van der Waals surface area contributed by atoms with Gasteiger partial charge in [-0.1, -0.05) is 11.6 Å². The molecule has 2 atom stereocenters. The maximum atomic E-state index is 5.95. The van der Waals surface area contributed by atoms with E-state index in [2.05, 4.69) is 42.1 Å². The lowest BCUT2D eigenvalue weighted by atomic mass is 10.1. The molecule has 92 valence electrons. The topological polar surface area (TPSA) is 12.0 Å². The van der Waals surface area contributed by atoms with E-state index in [4.69, 9.17) is 11.6 Å². The average Bonchev–Trinajstić information content (AvgIpc) is 2.89. The van der Waals surface area contributed by atoms with Crippen LogP contribution in [0.25, 0.3) is 0 Å². The van der Waals surface area contributed by atoms with Gasteiger partial charge in [0.05, 0.1) is 4.34 Å². The molecular formula is C13H16ClNS2. The number of nitrogens with one attached hydrogen (secondary N) is 1. The third kappa shape index (κ3) is 3.81. The summed E-state index contributed by atoms with van der Waals surface area (Å²) in [5, 5.41) is 7.95. The van der Waals surface area contributed by atoms with E-state index < -0.39 is 0 Å². The molecule has 0 spiro atoms. The first-order chi connectivity index (χ1) is 8.15. The quantitative estimate of drug-likeness (QED) is 0.836. The molecule has 0 fully saturated rings. The summed E-state index contributed by atoms with van der Waals surface area (Å²) >= 11 is 9.36. The van der Waals surface area contributed by atoms with Gasteiger partial charge in [0.1, 0.15) is 0 Å². The van der Waals surface area contributed by atoms with E-state index in [9.17, 15) is 0 Å². The summed E-state index contributed by atoms with van der Waals surface area (Å²) < 4.78 is 0.860. The molecule has 4 heteroatoms. The summed E-state index contributed by atoms with van der Waals surface area (Å²) in [5.74, 6) is 0. The number of rotatable bonds is 5. The van der Waals surface area contributed by atoms with Gasteiger partial charge in [-0.2, -0.15) is 11.3 Å². The summed E-state index contributed by atoms with van der Waals surface area (Å²) in [5.41, 5.74) is 1.41. The Bertz CT molecular complexity index is 450. The van der Waals surface area contributed by atoms with Crippen molar-refractivity contribution in [2.24, 2.45) is 0 Å². The first kappa shape index (κ1) is 13.1. The van der Waals surface area contributed by atoms with Crippen LogP contribution in [0.3, 0.4) is 0 Å². The highest BCUT2D eigenvalue weighted by molar-refractivity contribution is 7.16. The predicted molar refractivity (Wildman–Crippen MR) is 78.4 cm³/mol. The van der Waals surface area contributed by atoms with Crippen LogP contribution < -0.4 is 5.32 Å². The first-order valence-electron chi connectivity index (χ1n) is 5.67. The molecule has 0 bridgehead atoms. The molecule has 17 heavy (non-hydrogen) atoms. The predicted octanol–water partition coefficient (Wildman–Crippen LogP) is 4.74. The molecule has 1 N–H and O–H groups in total. The Morgan fingerprint density at radius 1 is 1.29 bits per heavy atom. The molecule has 2 heterocycles. The van der Waals surface area contributed by atoms with Crippen molar-refractivity contribution in [3.8, 4) is 0 Å². The van der Waals surface area contributed by atoms with E-state index in [0.29, 0.717) is 12.1 Å². The van der Waals surface area contributed by atoms with E-state index in [1.54, 1.807) is 22.7 Å². The zero-order chi connectivity index (χ0) is 12.3. The Balaban J connectivity index is 1.88. The lowest BCUT2D eigenvalue weighted by Gasteiger charge is -2.18. The molecule has 0 aliphatic heterocycles. The van der Waals surface area contributed by atoms with Crippen molar-refractivity contribution in [3.05, 3.63) is 43.7 Å². The van der Waals surface area contributed by atoms with Crippen molar-refractivity contribution in [1.82, 2.24) is 5.32 Å². The maximum Gasteiger partial charge on any atom is 0.0931 e. The van der Waals surface area contributed by atoms with Crippen LogP contribution in [-0.4, -0.2) is 6.04 Å². The normalized spacial score (nSPS) is 14.8. The summed E-state index contributed by atoms with van der Waals surface area (Å²) in [6, 6.07) is 7.09. The van der Waals surface area contributed by atoms with Crippen LogP contribution in [0.2, 0.25) is 4.34 Å². The SMILES string of the molecule is CC(Cc1ccsc1)NC(C)c1ccc(Cl)s1. The van der Waals surface area contributed by atoms with Crippen LogP contribution >= 0.6 is 34.3 Å². The highest BCUT2D eigenvalue weighted by atomic mass is 35.5. The molecule has 2 rings (SSSR count). The van der Waals surface area contributed by atoms with E-state index in [1.165, 1.54) is 10.4 Å². The molecule has 2 aromatic rings. The molecule has 2 aromatic heterocycles. The van der Waals surface area contributed by atoms with Gasteiger partial charge in [0.15, 0.2) is 0 Å². The third-order valence-corrected chi connectivity index (χ3v) is 4.82. The van der Waals surface area contributed by atoms with Crippen molar-refractivity contribution in [2.75, 3.05) is 0 Å². The Kier molecular flexibility index (Phi) is 4.62. The van der Waals surface area contributed by atoms with Gasteiger partial charge < -0.3 is 5.32 Å². The molecule has 1 nitrogen and oxygen atoms in total. The Morgan fingerprint density at radius 2 is 2.12 bits per heavy atom. The molecule has 0 aromatic carbocycles. The second-order valence-corrected chi connectivity index (χ2v) is 6.79. The van der Waals surface area contributed by atoms with E-state index in [0.717, 1.165) is 10.8 Å². The van der Waals surface area contributed by atoms with Crippen LogP contribution in [0.4, 0.5) is 0 Å². The molecule has 0 saturated heterocycles. The second kappa shape index (κ2) is 6.01. The molecule has 0 aliphatic carbocycles. The number of hydrogen-bond acceptors (Lipinski definition) is 3. The van der Waals surface area contributed by atoms with Gasteiger partial charge in [0, 0.05) is 17.0 Å². The maximum absolute atomic E-state index is 5.95. The molecular weight excluding hydrogens is 270 g/mol. The lowest BCUT2D eigenvalue weighted by Crippen LogP contribution is -2.30. The first-order valence-corrected chi connectivity index (χ1v) is 7.81. The Hall–Kier alpha value is -0.350. The van der Waals surface area contributed by atoms with Crippen molar-refractivity contribution < 1.29 is 0 Å². The van der Waals surface area contributed by atoms with Crippen LogP contribution in [0, 0.1) is 0 Å². The monoisotopic (exact) mass is 285 g/mol. The summed E-state index contributed by atoms with van der Waals surface area (Å²) in [6.45, 7) is 4.41. The highest BCUT2D eigenvalue weighted by Crippen LogP contribution is 2.27. The molecule has 2 unspecified atom stereocenters. The van der Waals surface area contributed by atoms with Crippen molar-refractivity contribution in [2.45, 2.75) is 32.4 Å². The van der Waals surface area contributed by atoms with Crippen LogP contribution in [0.5, 0.6) is 0 Å². The lowest BCUT2D eigenvalue weighted by molar-refractivity contribution is 0.482. The second-order valence-electron chi connectivity index (χ2n) is 4.27. The fourth-order valence-electron chi connectivity index (χ4n) is 1.89. The van der Waals surface area contributed by atoms with Crippen molar-refractivity contribution in [1.29, 1.82) is 0 Å². The fourth-order valence-corrected chi connectivity index (χ4v) is 3.65. The zero-order valence-corrected chi connectivity index (χ0v) is 12.3.